The van der Waals surface area contributed by atoms with Gasteiger partial charge in [-0.25, -0.2) is 4.39 Å². The van der Waals surface area contributed by atoms with Gasteiger partial charge in [-0.2, -0.15) is 0 Å². The zero-order valence-electron chi connectivity index (χ0n) is 14.8. The Hall–Kier alpha value is -3.15. The molecule has 0 unspecified atom stereocenters. The summed E-state index contributed by atoms with van der Waals surface area (Å²) in [6, 6.07) is 16.9. The van der Waals surface area contributed by atoms with Crippen LogP contribution in [0.2, 0.25) is 0 Å². The summed E-state index contributed by atoms with van der Waals surface area (Å²) in [4.78, 5) is 4.17. The Morgan fingerprint density at radius 3 is 2.58 bits per heavy atom. The van der Waals surface area contributed by atoms with Crippen LogP contribution in [-0.2, 0) is 13.1 Å². The number of guanidine groups is 1. The summed E-state index contributed by atoms with van der Waals surface area (Å²) in [5.74, 6) is 1.12. The molecule has 0 spiro atoms. The maximum atomic E-state index is 13.6. The average molecular weight is 352 g/mol. The molecular formula is C20H21FN4O. The molecule has 6 heteroatoms. The standard InChI is InChI=1S/C20H21FN4O/c1-14-8-9-15(10-18(14)21)12-23-20(22-2)24-13-17-11-19(26-25-17)16-6-4-3-5-7-16/h3-11H,12-13H2,1-2H3,(H2,22,23,24). The number of hydrogen-bond acceptors (Lipinski definition) is 3. The molecule has 2 aromatic carbocycles. The van der Waals surface area contributed by atoms with E-state index >= 15 is 0 Å². The monoisotopic (exact) mass is 352 g/mol. The van der Waals surface area contributed by atoms with Gasteiger partial charge in [0, 0.05) is 25.2 Å². The lowest BCUT2D eigenvalue weighted by Crippen LogP contribution is -2.36. The number of aromatic nitrogens is 1. The minimum Gasteiger partial charge on any atom is -0.356 e. The second kappa shape index (κ2) is 8.29. The van der Waals surface area contributed by atoms with Crippen LogP contribution in [0.5, 0.6) is 0 Å². The Morgan fingerprint density at radius 1 is 1.08 bits per heavy atom. The van der Waals surface area contributed by atoms with Crippen LogP contribution in [0.3, 0.4) is 0 Å². The molecule has 0 bridgehead atoms. The van der Waals surface area contributed by atoms with E-state index in [-0.39, 0.29) is 5.82 Å². The summed E-state index contributed by atoms with van der Waals surface area (Å²) in [6.07, 6.45) is 0. The second-order valence-electron chi connectivity index (χ2n) is 5.91. The van der Waals surface area contributed by atoms with Gasteiger partial charge >= 0.3 is 0 Å². The lowest BCUT2D eigenvalue weighted by Gasteiger charge is -2.11. The lowest BCUT2D eigenvalue weighted by molar-refractivity contribution is 0.422. The topological polar surface area (TPSA) is 62.5 Å². The van der Waals surface area contributed by atoms with Gasteiger partial charge in [0.1, 0.15) is 11.5 Å². The first-order valence-electron chi connectivity index (χ1n) is 8.36. The third kappa shape index (κ3) is 4.47. The first-order chi connectivity index (χ1) is 12.7. The van der Waals surface area contributed by atoms with Gasteiger partial charge in [0.15, 0.2) is 11.7 Å². The minimum atomic E-state index is -0.205. The molecule has 0 saturated carbocycles. The first-order valence-corrected chi connectivity index (χ1v) is 8.36. The molecule has 0 fully saturated rings. The quantitative estimate of drug-likeness (QED) is 0.543. The van der Waals surface area contributed by atoms with Crippen molar-refractivity contribution in [2.75, 3.05) is 7.05 Å². The van der Waals surface area contributed by atoms with Crippen molar-refractivity contribution in [2.24, 2.45) is 4.99 Å². The Bertz CT molecular complexity index is 890. The van der Waals surface area contributed by atoms with Gasteiger partial charge in [-0.3, -0.25) is 4.99 Å². The van der Waals surface area contributed by atoms with E-state index in [4.69, 9.17) is 4.52 Å². The van der Waals surface area contributed by atoms with Gasteiger partial charge in [0.25, 0.3) is 0 Å². The van der Waals surface area contributed by atoms with Crippen LogP contribution in [0.1, 0.15) is 16.8 Å². The van der Waals surface area contributed by atoms with Gasteiger partial charge < -0.3 is 15.2 Å². The summed E-state index contributed by atoms with van der Waals surface area (Å²) in [7, 11) is 1.68. The van der Waals surface area contributed by atoms with Crippen molar-refractivity contribution in [1.29, 1.82) is 0 Å². The number of nitrogens with one attached hydrogen (secondary N) is 2. The molecule has 0 saturated heterocycles. The fraction of sp³-hybridized carbons (Fsp3) is 0.200. The van der Waals surface area contributed by atoms with Gasteiger partial charge in [-0.15, -0.1) is 0 Å². The van der Waals surface area contributed by atoms with Crippen molar-refractivity contribution >= 4 is 5.96 Å². The second-order valence-corrected chi connectivity index (χ2v) is 5.91. The van der Waals surface area contributed by atoms with Crippen molar-refractivity contribution in [2.45, 2.75) is 20.0 Å². The van der Waals surface area contributed by atoms with Gasteiger partial charge in [0.2, 0.25) is 0 Å². The Morgan fingerprint density at radius 2 is 1.85 bits per heavy atom. The van der Waals surface area contributed by atoms with E-state index in [1.807, 2.05) is 42.5 Å². The Labute approximate surface area is 151 Å². The van der Waals surface area contributed by atoms with Crippen molar-refractivity contribution in [3.05, 3.63) is 77.2 Å². The van der Waals surface area contributed by atoms with Crippen LogP contribution in [-0.4, -0.2) is 18.2 Å². The van der Waals surface area contributed by atoms with Crippen molar-refractivity contribution in [3.8, 4) is 11.3 Å². The highest BCUT2D eigenvalue weighted by Crippen LogP contribution is 2.19. The number of aliphatic imine (C=N–C) groups is 1. The molecule has 26 heavy (non-hydrogen) atoms. The largest absolute Gasteiger partial charge is 0.356 e. The molecular weight excluding hydrogens is 331 g/mol. The minimum absolute atomic E-state index is 0.205. The molecule has 0 atom stereocenters. The first kappa shape index (κ1) is 17.7. The molecule has 134 valence electrons. The molecule has 0 radical (unpaired) electrons. The fourth-order valence-corrected chi connectivity index (χ4v) is 2.46. The van der Waals surface area contributed by atoms with Crippen LogP contribution in [0, 0.1) is 12.7 Å². The number of hydrogen-bond donors (Lipinski definition) is 2. The highest BCUT2D eigenvalue weighted by Gasteiger charge is 2.07. The Kier molecular flexibility index (Phi) is 5.63. The molecule has 3 aromatic rings. The van der Waals surface area contributed by atoms with E-state index in [0.717, 1.165) is 22.6 Å². The lowest BCUT2D eigenvalue weighted by atomic mass is 10.1. The van der Waals surface area contributed by atoms with E-state index in [9.17, 15) is 4.39 Å². The Balaban J connectivity index is 1.54. The van der Waals surface area contributed by atoms with Crippen molar-refractivity contribution in [3.63, 3.8) is 0 Å². The fourth-order valence-electron chi connectivity index (χ4n) is 2.46. The van der Waals surface area contributed by atoms with Crippen molar-refractivity contribution in [1.82, 2.24) is 15.8 Å². The van der Waals surface area contributed by atoms with Crippen LogP contribution in [0.4, 0.5) is 4.39 Å². The van der Waals surface area contributed by atoms with E-state index in [2.05, 4.69) is 20.8 Å². The number of aryl methyl sites for hydroxylation is 1. The molecule has 0 aliphatic rings. The molecule has 2 N–H and O–H groups in total. The SMILES string of the molecule is CN=C(NCc1ccc(C)c(F)c1)NCc1cc(-c2ccccc2)on1. The average Bonchev–Trinajstić information content (AvgIpc) is 3.14. The van der Waals surface area contributed by atoms with Gasteiger partial charge in [-0.1, -0.05) is 47.6 Å². The number of nitrogens with zero attached hydrogens (tertiary/aromatic N) is 2. The van der Waals surface area contributed by atoms with Crippen LogP contribution in [0.25, 0.3) is 11.3 Å². The smallest absolute Gasteiger partial charge is 0.191 e. The maximum Gasteiger partial charge on any atom is 0.191 e. The molecule has 3 rings (SSSR count). The molecule has 0 aliphatic carbocycles. The summed E-state index contributed by atoms with van der Waals surface area (Å²) < 4.78 is 19.0. The van der Waals surface area contributed by atoms with E-state index in [0.29, 0.717) is 24.6 Å². The van der Waals surface area contributed by atoms with Crippen molar-refractivity contribution < 1.29 is 8.91 Å². The predicted octanol–water partition coefficient (Wildman–Crippen LogP) is 3.65. The molecule has 1 heterocycles. The zero-order valence-corrected chi connectivity index (χ0v) is 14.8. The number of benzene rings is 2. The summed E-state index contributed by atoms with van der Waals surface area (Å²) >= 11 is 0. The zero-order chi connectivity index (χ0) is 18.4. The van der Waals surface area contributed by atoms with Crippen LogP contribution in [0.15, 0.2) is 64.1 Å². The molecule has 5 nitrogen and oxygen atoms in total. The highest BCUT2D eigenvalue weighted by atomic mass is 19.1. The third-order valence-corrected chi connectivity index (χ3v) is 3.97. The molecule has 0 amide bonds. The highest BCUT2D eigenvalue weighted by molar-refractivity contribution is 5.79. The van der Waals surface area contributed by atoms with E-state index < -0.39 is 0 Å². The molecule has 0 aliphatic heterocycles. The maximum absolute atomic E-state index is 13.6. The normalized spacial score (nSPS) is 11.4. The number of halogens is 1. The van der Waals surface area contributed by atoms with E-state index in [1.165, 1.54) is 6.07 Å². The molecule has 1 aromatic heterocycles. The van der Waals surface area contributed by atoms with Crippen LogP contribution >= 0.6 is 0 Å². The van der Waals surface area contributed by atoms with Crippen LogP contribution < -0.4 is 10.6 Å². The summed E-state index contributed by atoms with van der Waals surface area (Å²) in [5, 5.41) is 10.4. The summed E-state index contributed by atoms with van der Waals surface area (Å²) in [6.45, 7) is 2.69. The van der Waals surface area contributed by atoms with Gasteiger partial charge in [0.05, 0.1) is 6.54 Å². The summed E-state index contributed by atoms with van der Waals surface area (Å²) in [5.41, 5.74) is 3.24. The van der Waals surface area contributed by atoms with E-state index in [1.54, 1.807) is 20.0 Å². The predicted molar refractivity (Wildman–Crippen MR) is 100 cm³/mol. The number of rotatable bonds is 5. The van der Waals surface area contributed by atoms with Gasteiger partial charge in [-0.05, 0) is 24.1 Å². The third-order valence-electron chi connectivity index (χ3n) is 3.97.